The highest BCUT2D eigenvalue weighted by Gasteiger charge is 2.39. The number of para-hydroxylation sites is 1. The standard InChI is InChI=1S/C24H19F3N2O4S/c25-24(26,27)17-10-12-18(13-11-17)28-22(30)15-29-19-8-4-5-9-20(19)34(32,33)21(14-23(29)31)16-6-2-1-3-7-16/h1-13,21H,14-15H2,(H,28,30). The number of carbonyl (C=O) groups excluding carboxylic acids is 2. The predicted molar refractivity (Wildman–Crippen MR) is 120 cm³/mol. The zero-order valence-corrected chi connectivity index (χ0v) is 18.4. The minimum absolute atomic E-state index is 0.0722. The first-order chi connectivity index (χ1) is 16.1. The fourth-order valence-corrected chi connectivity index (χ4v) is 5.73. The molecule has 176 valence electrons. The summed E-state index contributed by atoms with van der Waals surface area (Å²) >= 11 is 0. The van der Waals surface area contributed by atoms with Gasteiger partial charge in [0.25, 0.3) is 0 Å². The Morgan fingerprint density at radius 3 is 2.21 bits per heavy atom. The van der Waals surface area contributed by atoms with Gasteiger partial charge in [0.05, 0.1) is 21.4 Å². The van der Waals surface area contributed by atoms with Gasteiger partial charge in [0.15, 0.2) is 9.84 Å². The van der Waals surface area contributed by atoms with Crippen LogP contribution in [0.5, 0.6) is 0 Å². The van der Waals surface area contributed by atoms with E-state index in [1.807, 2.05) is 0 Å². The van der Waals surface area contributed by atoms with Gasteiger partial charge in [-0.05, 0) is 42.0 Å². The number of anilines is 2. The summed E-state index contributed by atoms with van der Waals surface area (Å²) in [6, 6.07) is 18.2. The Labute approximate surface area is 193 Å². The Morgan fingerprint density at radius 1 is 0.941 bits per heavy atom. The Morgan fingerprint density at radius 2 is 1.56 bits per heavy atom. The van der Waals surface area contributed by atoms with Gasteiger partial charge in [0.2, 0.25) is 11.8 Å². The SMILES string of the molecule is O=C(CN1C(=O)CC(c2ccccc2)S(=O)(=O)c2ccccc21)Nc1ccc(C(F)(F)F)cc1. The van der Waals surface area contributed by atoms with Gasteiger partial charge in [0, 0.05) is 12.1 Å². The van der Waals surface area contributed by atoms with E-state index in [0.717, 1.165) is 29.2 Å². The maximum Gasteiger partial charge on any atom is 0.416 e. The molecule has 34 heavy (non-hydrogen) atoms. The first kappa shape index (κ1) is 23.5. The Kier molecular flexibility index (Phi) is 6.18. The number of sulfone groups is 1. The van der Waals surface area contributed by atoms with Gasteiger partial charge in [-0.15, -0.1) is 0 Å². The predicted octanol–water partition coefficient (Wildman–Crippen LogP) is 4.60. The quantitative estimate of drug-likeness (QED) is 0.582. The molecule has 1 aliphatic heterocycles. The van der Waals surface area contributed by atoms with Crippen LogP contribution in [0.25, 0.3) is 0 Å². The number of nitrogens with zero attached hydrogens (tertiary/aromatic N) is 1. The minimum Gasteiger partial charge on any atom is -0.325 e. The van der Waals surface area contributed by atoms with Crippen LogP contribution in [0.15, 0.2) is 83.8 Å². The normalized spacial score (nSPS) is 17.6. The van der Waals surface area contributed by atoms with Crippen molar-refractivity contribution in [3.63, 3.8) is 0 Å². The van der Waals surface area contributed by atoms with Crippen LogP contribution in [0.1, 0.15) is 22.8 Å². The third kappa shape index (κ3) is 4.67. The van der Waals surface area contributed by atoms with Crippen LogP contribution in [0.4, 0.5) is 24.5 Å². The Bertz CT molecular complexity index is 1320. The number of carbonyl (C=O) groups is 2. The van der Waals surface area contributed by atoms with E-state index >= 15 is 0 Å². The highest BCUT2D eigenvalue weighted by atomic mass is 32.2. The van der Waals surface area contributed by atoms with Crippen molar-refractivity contribution in [2.24, 2.45) is 0 Å². The van der Waals surface area contributed by atoms with Crippen LogP contribution in [-0.4, -0.2) is 26.8 Å². The number of amides is 2. The Hall–Kier alpha value is -3.66. The van der Waals surface area contributed by atoms with Crippen molar-refractivity contribution < 1.29 is 31.2 Å². The van der Waals surface area contributed by atoms with Crippen molar-refractivity contribution in [2.45, 2.75) is 22.7 Å². The summed E-state index contributed by atoms with van der Waals surface area (Å²) in [6.07, 6.45) is -4.87. The molecule has 0 fully saturated rings. The van der Waals surface area contributed by atoms with Crippen LogP contribution >= 0.6 is 0 Å². The number of hydrogen-bond acceptors (Lipinski definition) is 4. The van der Waals surface area contributed by atoms with E-state index in [1.54, 1.807) is 36.4 Å². The molecule has 3 aromatic rings. The van der Waals surface area contributed by atoms with E-state index in [4.69, 9.17) is 0 Å². The zero-order chi connectivity index (χ0) is 24.5. The highest BCUT2D eigenvalue weighted by Crippen LogP contribution is 2.40. The van der Waals surface area contributed by atoms with E-state index in [-0.39, 0.29) is 22.7 Å². The molecule has 1 aliphatic rings. The van der Waals surface area contributed by atoms with Crippen LogP contribution in [-0.2, 0) is 25.6 Å². The molecule has 0 aliphatic carbocycles. The second kappa shape index (κ2) is 8.94. The summed E-state index contributed by atoms with van der Waals surface area (Å²) in [5, 5.41) is 1.33. The number of benzene rings is 3. The van der Waals surface area contributed by atoms with E-state index in [2.05, 4.69) is 5.32 Å². The molecule has 6 nitrogen and oxygen atoms in total. The second-order valence-electron chi connectivity index (χ2n) is 7.72. The molecule has 0 spiro atoms. The molecule has 4 rings (SSSR count). The van der Waals surface area contributed by atoms with Crippen molar-refractivity contribution in [1.29, 1.82) is 0 Å². The lowest BCUT2D eigenvalue weighted by atomic mass is 10.1. The van der Waals surface area contributed by atoms with Gasteiger partial charge in [-0.3, -0.25) is 9.59 Å². The first-order valence-electron chi connectivity index (χ1n) is 10.2. The smallest absolute Gasteiger partial charge is 0.325 e. The van der Waals surface area contributed by atoms with Crippen LogP contribution in [0.3, 0.4) is 0 Å². The molecule has 2 amide bonds. The summed E-state index contributed by atoms with van der Waals surface area (Å²) in [6.45, 7) is -0.506. The third-order valence-electron chi connectivity index (χ3n) is 5.47. The summed E-state index contributed by atoms with van der Waals surface area (Å²) in [7, 11) is -3.95. The van der Waals surface area contributed by atoms with Gasteiger partial charge in [0.1, 0.15) is 6.54 Å². The summed E-state index contributed by atoms with van der Waals surface area (Å²) in [5.41, 5.74) is -0.210. The molecule has 0 saturated carbocycles. The maximum absolute atomic E-state index is 13.4. The molecule has 3 aromatic carbocycles. The summed E-state index contributed by atoms with van der Waals surface area (Å²) < 4.78 is 65.1. The molecular formula is C24H19F3N2O4S. The van der Waals surface area contributed by atoms with Gasteiger partial charge in [-0.1, -0.05) is 42.5 Å². The van der Waals surface area contributed by atoms with Gasteiger partial charge < -0.3 is 10.2 Å². The molecule has 0 bridgehead atoms. The maximum atomic E-state index is 13.4. The fraction of sp³-hybridized carbons (Fsp3) is 0.167. The van der Waals surface area contributed by atoms with Crippen LogP contribution < -0.4 is 10.2 Å². The summed E-state index contributed by atoms with van der Waals surface area (Å²) in [4.78, 5) is 26.8. The lowest BCUT2D eigenvalue weighted by molar-refractivity contribution is -0.137. The van der Waals surface area contributed by atoms with Crippen molar-refractivity contribution in [3.05, 3.63) is 90.0 Å². The lowest BCUT2D eigenvalue weighted by Crippen LogP contribution is -2.38. The van der Waals surface area contributed by atoms with E-state index in [9.17, 15) is 31.2 Å². The topological polar surface area (TPSA) is 83.6 Å². The van der Waals surface area contributed by atoms with Crippen molar-refractivity contribution in [1.82, 2.24) is 0 Å². The molecule has 1 unspecified atom stereocenters. The summed E-state index contributed by atoms with van der Waals surface area (Å²) in [5.74, 6) is -1.25. The number of fused-ring (bicyclic) bond motifs is 1. The fourth-order valence-electron chi connectivity index (χ4n) is 3.81. The highest BCUT2D eigenvalue weighted by molar-refractivity contribution is 7.92. The number of hydrogen-bond donors (Lipinski definition) is 1. The third-order valence-corrected chi connectivity index (χ3v) is 7.61. The number of alkyl halides is 3. The lowest BCUT2D eigenvalue weighted by Gasteiger charge is -2.22. The average Bonchev–Trinajstić information content (AvgIpc) is 2.88. The molecule has 0 radical (unpaired) electrons. The van der Waals surface area contributed by atoms with Crippen molar-refractivity contribution >= 4 is 33.0 Å². The zero-order valence-electron chi connectivity index (χ0n) is 17.6. The Balaban J connectivity index is 1.62. The van der Waals surface area contributed by atoms with Crippen LogP contribution in [0.2, 0.25) is 0 Å². The average molecular weight is 488 g/mol. The monoisotopic (exact) mass is 488 g/mol. The van der Waals surface area contributed by atoms with Gasteiger partial charge in [-0.2, -0.15) is 13.2 Å². The number of rotatable bonds is 4. The molecular weight excluding hydrogens is 469 g/mol. The second-order valence-corrected chi connectivity index (χ2v) is 9.82. The van der Waals surface area contributed by atoms with Gasteiger partial charge in [-0.25, -0.2) is 8.42 Å². The minimum atomic E-state index is -4.51. The molecule has 0 aromatic heterocycles. The largest absolute Gasteiger partial charge is 0.416 e. The number of nitrogens with one attached hydrogen (secondary N) is 1. The molecule has 1 heterocycles. The van der Waals surface area contributed by atoms with E-state index in [0.29, 0.717) is 5.56 Å². The van der Waals surface area contributed by atoms with Crippen LogP contribution in [0, 0.1) is 0 Å². The molecule has 0 saturated heterocycles. The number of halogens is 3. The molecule has 10 heteroatoms. The molecule has 1 atom stereocenters. The first-order valence-corrected chi connectivity index (χ1v) is 11.8. The van der Waals surface area contributed by atoms with E-state index < -0.39 is 45.2 Å². The van der Waals surface area contributed by atoms with E-state index in [1.165, 1.54) is 18.2 Å². The van der Waals surface area contributed by atoms with Crippen molar-refractivity contribution in [2.75, 3.05) is 16.8 Å². The van der Waals surface area contributed by atoms with Gasteiger partial charge >= 0.3 is 6.18 Å². The molecule has 1 N–H and O–H groups in total. The van der Waals surface area contributed by atoms with Crippen molar-refractivity contribution in [3.8, 4) is 0 Å².